The summed E-state index contributed by atoms with van der Waals surface area (Å²) in [5.41, 5.74) is 0. The number of hydrogen-bond donors (Lipinski definition) is 1. The fraction of sp³-hybridized carbons (Fsp3) is 0.267. The number of aliphatic hydroxyl groups excluding tert-OH is 1. The highest BCUT2D eigenvalue weighted by Gasteiger charge is 2.16. The molecule has 0 saturated heterocycles. The molecule has 0 saturated carbocycles. The zero-order valence-electron chi connectivity index (χ0n) is 11.2. The van der Waals surface area contributed by atoms with Crippen LogP contribution in [0.2, 0.25) is 0 Å². The van der Waals surface area contributed by atoms with Crippen LogP contribution in [0.25, 0.3) is 0 Å². The van der Waals surface area contributed by atoms with Gasteiger partial charge in [0.1, 0.15) is 11.9 Å². The van der Waals surface area contributed by atoms with E-state index in [-0.39, 0.29) is 19.1 Å². The first-order valence-electron chi connectivity index (χ1n) is 6.30. The molecule has 0 bridgehead atoms. The molecule has 4 nitrogen and oxygen atoms in total. The van der Waals surface area contributed by atoms with Gasteiger partial charge in [-0.2, -0.15) is 0 Å². The molecule has 1 unspecified atom stereocenters. The molecule has 1 aromatic heterocycles. The summed E-state index contributed by atoms with van der Waals surface area (Å²) in [6, 6.07) is 12.9. The second kappa shape index (κ2) is 7.07. The largest absolute Gasteiger partial charge is 0.484 e. The monoisotopic (exact) mass is 291 g/mol. The maximum atomic E-state index is 11.9. The van der Waals surface area contributed by atoms with E-state index < -0.39 is 6.10 Å². The molecule has 106 valence electrons. The number of nitrogens with zero attached hydrogens (tertiary/aromatic N) is 1. The van der Waals surface area contributed by atoms with Gasteiger partial charge >= 0.3 is 0 Å². The van der Waals surface area contributed by atoms with Crippen LogP contribution in [-0.4, -0.2) is 36.1 Å². The van der Waals surface area contributed by atoms with Gasteiger partial charge in [0.2, 0.25) is 0 Å². The van der Waals surface area contributed by atoms with Crippen molar-refractivity contribution in [1.29, 1.82) is 0 Å². The average molecular weight is 291 g/mol. The van der Waals surface area contributed by atoms with Crippen LogP contribution in [0, 0.1) is 0 Å². The Kier molecular flexibility index (Phi) is 5.15. The van der Waals surface area contributed by atoms with Gasteiger partial charge in [-0.25, -0.2) is 0 Å². The van der Waals surface area contributed by atoms with Crippen molar-refractivity contribution in [2.45, 2.75) is 6.10 Å². The molecule has 2 rings (SSSR count). The van der Waals surface area contributed by atoms with Crippen molar-refractivity contribution in [3.63, 3.8) is 0 Å². The summed E-state index contributed by atoms with van der Waals surface area (Å²) in [6.45, 7) is 0.231. The summed E-state index contributed by atoms with van der Waals surface area (Å²) in [6.07, 6.45) is -0.652. The minimum atomic E-state index is -0.652. The summed E-state index contributed by atoms with van der Waals surface area (Å²) >= 11 is 1.48. The van der Waals surface area contributed by atoms with Crippen LogP contribution in [0.5, 0.6) is 5.75 Å². The van der Waals surface area contributed by atoms with Crippen molar-refractivity contribution >= 4 is 17.2 Å². The minimum Gasteiger partial charge on any atom is -0.484 e. The lowest BCUT2D eigenvalue weighted by molar-refractivity contribution is -0.133. The third kappa shape index (κ3) is 4.08. The van der Waals surface area contributed by atoms with Gasteiger partial charge in [-0.3, -0.25) is 4.79 Å². The Hall–Kier alpha value is -1.85. The summed E-state index contributed by atoms with van der Waals surface area (Å²) in [5.74, 6) is 0.498. The highest BCUT2D eigenvalue weighted by Crippen LogP contribution is 2.19. The van der Waals surface area contributed by atoms with Crippen molar-refractivity contribution < 1.29 is 14.6 Å². The van der Waals surface area contributed by atoms with E-state index in [1.165, 1.54) is 16.2 Å². The van der Waals surface area contributed by atoms with Gasteiger partial charge in [-0.1, -0.05) is 24.3 Å². The van der Waals surface area contributed by atoms with Crippen LogP contribution >= 0.6 is 11.3 Å². The Morgan fingerprint density at radius 3 is 2.70 bits per heavy atom. The Labute approximate surface area is 122 Å². The van der Waals surface area contributed by atoms with Crippen LogP contribution in [0.3, 0.4) is 0 Å². The van der Waals surface area contributed by atoms with Crippen LogP contribution in [-0.2, 0) is 4.79 Å². The van der Waals surface area contributed by atoms with E-state index >= 15 is 0 Å². The first kappa shape index (κ1) is 14.6. The number of amides is 1. The zero-order chi connectivity index (χ0) is 14.4. The van der Waals surface area contributed by atoms with Gasteiger partial charge < -0.3 is 14.7 Å². The standard InChI is InChI=1S/C15H17NO3S/c1-16(10-13(17)14-8-5-9-20-14)15(18)11-19-12-6-3-2-4-7-12/h2-9,13,17H,10-11H2,1H3. The normalized spacial score (nSPS) is 11.9. The van der Waals surface area contributed by atoms with Crippen molar-refractivity contribution in [1.82, 2.24) is 4.90 Å². The highest BCUT2D eigenvalue weighted by molar-refractivity contribution is 7.10. The molecule has 0 aliphatic heterocycles. The van der Waals surface area contributed by atoms with Gasteiger partial charge in [0.15, 0.2) is 6.61 Å². The number of rotatable bonds is 6. The van der Waals surface area contributed by atoms with E-state index in [0.717, 1.165) is 4.88 Å². The molecule has 0 aliphatic carbocycles. The second-order valence-corrected chi connectivity index (χ2v) is 5.39. The van der Waals surface area contributed by atoms with E-state index in [1.54, 1.807) is 19.2 Å². The van der Waals surface area contributed by atoms with Crippen LogP contribution < -0.4 is 4.74 Å². The number of aliphatic hydroxyl groups is 1. The molecule has 0 fully saturated rings. The molecule has 1 amide bonds. The number of carbonyl (C=O) groups is 1. The number of ether oxygens (including phenoxy) is 1. The third-order valence-corrected chi connectivity index (χ3v) is 3.82. The summed E-state index contributed by atoms with van der Waals surface area (Å²) in [4.78, 5) is 14.2. The Morgan fingerprint density at radius 1 is 1.30 bits per heavy atom. The topological polar surface area (TPSA) is 49.8 Å². The lowest BCUT2D eigenvalue weighted by Gasteiger charge is -2.20. The van der Waals surface area contributed by atoms with Gasteiger partial charge in [0.25, 0.3) is 5.91 Å². The molecular formula is C15H17NO3S. The van der Waals surface area contributed by atoms with E-state index in [4.69, 9.17) is 4.74 Å². The van der Waals surface area contributed by atoms with Crippen LogP contribution in [0.4, 0.5) is 0 Å². The molecule has 1 atom stereocenters. The SMILES string of the molecule is CN(CC(O)c1cccs1)C(=O)COc1ccccc1. The molecule has 1 aromatic carbocycles. The number of likely N-dealkylation sites (N-methyl/N-ethyl adjacent to an activating group) is 1. The van der Waals surface area contributed by atoms with Crippen molar-refractivity contribution in [3.05, 3.63) is 52.7 Å². The smallest absolute Gasteiger partial charge is 0.260 e. The van der Waals surface area contributed by atoms with E-state index in [0.29, 0.717) is 5.75 Å². The first-order valence-corrected chi connectivity index (χ1v) is 7.18. The maximum Gasteiger partial charge on any atom is 0.260 e. The summed E-state index contributed by atoms with van der Waals surface area (Å²) in [7, 11) is 1.66. The summed E-state index contributed by atoms with van der Waals surface area (Å²) < 4.78 is 5.39. The van der Waals surface area contributed by atoms with Crippen molar-refractivity contribution in [2.75, 3.05) is 20.2 Å². The quantitative estimate of drug-likeness (QED) is 0.888. The maximum absolute atomic E-state index is 11.9. The third-order valence-electron chi connectivity index (χ3n) is 2.85. The Morgan fingerprint density at radius 2 is 2.05 bits per heavy atom. The Bertz CT molecular complexity index is 527. The van der Waals surface area contributed by atoms with Gasteiger partial charge in [-0.15, -0.1) is 11.3 Å². The van der Waals surface area contributed by atoms with E-state index in [1.807, 2.05) is 35.7 Å². The van der Waals surface area contributed by atoms with Crippen LogP contribution in [0.1, 0.15) is 11.0 Å². The zero-order valence-corrected chi connectivity index (χ0v) is 12.0. The molecule has 5 heteroatoms. The molecule has 2 aromatic rings. The number of benzene rings is 1. The fourth-order valence-electron chi connectivity index (χ4n) is 1.70. The average Bonchev–Trinajstić information content (AvgIpc) is 3.00. The molecule has 0 spiro atoms. The second-order valence-electron chi connectivity index (χ2n) is 4.41. The number of carbonyl (C=O) groups excluding carboxylic acids is 1. The molecule has 0 radical (unpaired) electrons. The lowest BCUT2D eigenvalue weighted by Crippen LogP contribution is -2.34. The summed E-state index contributed by atoms with van der Waals surface area (Å²) in [5, 5.41) is 11.9. The van der Waals surface area contributed by atoms with Gasteiger partial charge in [-0.05, 0) is 23.6 Å². The molecule has 1 N–H and O–H groups in total. The van der Waals surface area contributed by atoms with E-state index in [2.05, 4.69) is 0 Å². The van der Waals surface area contributed by atoms with Gasteiger partial charge in [0, 0.05) is 11.9 Å². The molecule has 0 aliphatic rings. The number of thiophene rings is 1. The molecule has 20 heavy (non-hydrogen) atoms. The van der Waals surface area contributed by atoms with E-state index in [9.17, 15) is 9.90 Å². The molecule has 1 heterocycles. The number of para-hydroxylation sites is 1. The number of hydrogen-bond acceptors (Lipinski definition) is 4. The highest BCUT2D eigenvalue weighted by atomic mass is 32.1. The predicted octanol–water partition coefficient (Wildman–Crippen LogP) is 2.32. The first-order chi connectivity index (χ1) is 9.66. The lowest BCUT2D eigenvalue weighted by atomic mass is 10.3. The van der Waals surface area contributed by atoms with Crippen molar-refractivity contribution in [2.24, 2.45) is 0 Å². The molecular weight excluding hydrogens is 274 g/mol. The van der Waals surface area contributed by atoms with Crippen LogP contribution in [0.15, 0.2) is 47.8 Å². The predicted molar refractivity (Wildman–Crippen MR) is 78.9 cm³/mol. The van der Waals surface area contributed by atoms with Crippen molar-refractivity contribution in [3.8, 4) is 5.75 Å². The Balaban J connectivity index is 1.80. The fourth-order valence-corrected chi connectivity index (χ4v) is 2.41. The minimum absolute atomic E-state index is 0.0301. The van der Waals surface area contributed by atoms with Gasteiger partial charge in [0.05, 0.1) is 6.54 Å².